The number of hydrogen-bond donors (Lipinski definition) is 0. The van der Waals surface area contributed by atoms with Gasteiger partial charge in [0.05, 0.1) is 6.54 Å². The fourth-order valence-electron chi connectivity index (χ4n) is 3.01. The molecule has 0 aromatic heterocycles. The number of halogens is 2. The van der Waals surface area contributed by atoms with Gasteiger partial charge in [-0.1, -0.05) is 96.3 Å². The second kappa shape index (κ2) is 21.2. The maximum Gasteiger partial charge on any atom is 0.237 e. The third-order valence-electron chi connectivity index (χ3n) is 4.51. The van der Waals surface area contributed by atoms with Crippen LogP contribution >= 0.6 is 22.2 Å². The molecule has 0 unspecified atom stereocenters. The van der Waals surface area contributed by atoms with Crippen molar-refractivity contribution in [3.8, 4) is 0 Å². The molecule has 0 aliphatic rings. The van der Waals surface area contributed by atoms with E-state index >= 15 is 0 Å². The van der Waals surface area contributed by atoms with Crippen molar-refractivity contribution in [3.05, 3.63) is 0 Å². The molecule has 0 fully saturated rings. The molecule has 0 amide bonds. The van der Waals surface area contributed by atoms with Crippen LogP contribution in [0.5, 0.6) is 0 Å². The Morgan fingerprint density at radius 2 is 0.917 bits per heavy atom. The van der Waals surface area contributed by atoms with Gasteiger partial charge >= 0.3 is 0 Å². The molecule has 0 aliphatic heterocycles. The highest BCUT2D eigenvalue weighted by Gasteiger charge is 2.00. The molecule has 0 aromatic rings. The van der Waals surface area contributed by atoms with E-state index in [1.807, 2.05) is 0 Å². The fourth-order valence-corrected chi connectivity index (χ4v) is 4.53. The van der Waals surface area contributed by atoms with Gasteiger partial charge < -0.3 is 0 Å². The molecule has 0 rings (SSSR count). The summed E-state index contributed by atoms with van der Waals surface area (Å²) in [5, 5.41) is 0. The lowest BCUT2D eigenvalue weighted by Gasteiger charge is -2.03. The number of aliphatic imine (C=N–C) groups is 1. The van der Waals surface area contributed by atoms with Gasteiger partial charge in [-0.25, -0.2) is 9.79 Å². The lowest BCUT2D eigenvalue weighted by atomic mass is 10.0. The Kier molecular flexibility index (Phi) is 21.4. The Balaban J connectivity index is 2.99. The molecular weight excluding hydrogens is 357 g/mol. The third kappa shape index (κ3) is 22.2. The molecule has 0 N–H and O–H groups in total. The van der Waals surface area contributed by atoms with Crippen molar-refractivity contribution < 1.29 is 4.79 Å². The lowest BCUT2D eigenvalue weighted by molar-refractivity contribution is 0.529. The monoisotopic (exact) mass is 393 g/mol. The van der Waals surface area contributed by atoms with E-state index in [-0.39, 0.29) is 0 Å². The van der Waals surface area contributed by atoms with Crippen LogP contribution in [-0.2, 0) is 4.79 Å². The SMILES string of the molecule is O=C=NCCCCCCCCCCCCCCCCCC[SiH](Cl)Cl. The van der Waals surface area contributed by atoms with Gasteiger partial charge in [0.1, 0.15) is 0 Å². The first-order valence-corrected chi connectivity index (χ1v) is 14.4. The zero-order valence-corrected chi connectivity index (χ0v) is 18.1. The van der Waals surface area contributed by atoms with Crippen molar-refractivity contribution in [1.29, 1.82) is 0 Å². The largest absolute Gasteiger partial charge is 0.237 e. The Morgan fingerprint density at radius 3 is 1.25 bits per heavy atom. The number of unbranched alkanes of at least 4 members (excludes halogenated alkanes) is 15. The van der Waals surface area contributed by atoms with Crippen LogP contribution in [-0.4, -0.2) is 20.0 Å². The maximum absolute atomic E-state index is 9.90. The zero-order chi connectivity index (χ0) is 17.7. The number of isocyanates is 1. The average Bonchev–Trinajstić information content (AvgIpc) is 2.56. The first kappa shape index (κ1) is 24.2. The van der Waals surface area contributed by atoms with Gasteiger partial charge in [-0.3, -0.25) is 0 Å². The highest BCUT2D eigenvalue weighted by atomic mass is 35.7. The summed E-state index contributed by atoms with van der Waals surface area (Å²) in [6.07, 6.45) is 22.9. The highest BCUT2D eigenvalue weighted by molar-refractivity contribution is 7.33. The summed E-state index contributed by atoms with van der Waals surface area (Å²) in [6.45, 7) is 0.659. The molecule has 0 aromatic carbocycles. The topological polar surface area (TPSA) is 29.4 Å². The summed E-state index contributed by atoms with van der Waals surface area (Å²) in [5.41, 5.74) is 0. The number of rotatable bonds is 19. The minimum Gasteiger partial charge on any atom is -0.211 e. The van der Waals surface area contributed by atoms with E-state index in [1.165, 1.54) is 96.3 Å². The normalized spacial score (nSPS) is 11.0. The van der Waals surface area contributed by atoms with Crippen LogP contribution in [0.3, 0.4) is 0 Å². The van der Waals surface area contributed by atoms with Crippen LogP contribution in [0, 0.1) is 0 Å². The van der Waals surface area contributed by atoms with Gasteiger partial charge in [-0.05, 0) is 12.5 Å². The van der Waals surface area contributed by atoms with Crippen LogP contribution in [0.2, 0.25) is 6.04 Å². The van der Waals surface area contributed by atoms with Gasteiger partial charge in [0, 0.05) is 0 Å². The summed E-state index contributed by atoms with van der Waals surface area (Å²) in [7, 11) is -1.34. The second-order valence-electron chi connectivity index (χ2n) is 6.81. The summed E-state index contributed by atoms with van der Waals surface area (Å²) in [4.78, 5) is 13.5. The summed E-state index contributed by atoms with van der Waals surface area (Å²) in [5.74, 6) is 0. The minimum absolute atomic E-state index is 0.659. The van der Waals surface area contributed by atoms with E-state index in [1.54, 1.807) is 6.08 Å². The van der Waals surface area contributed by atoms with Crippen molar-refractivity contribution in [2.75, 3.05) is 6.54 Å². The van der Waals surface area contributed by atoms with Gasteiger partial charge in [0.15, 0.2) is 0 Å². The fraction of sp³-hybridized carbons (Fsp3) is 0.947. The Labute approximate surface area is 160 Å². The van der Waals surface area contributed by atoms with Gasteiger partial charge in [0.25, 0.3) is 0 Å². The zero-order valence-electron chi connectivity index (χ0n) is 15.4. The van der Waals surface area contributed by atoms with E-state index in [0.717, 1.165) is 12.5 Å². The smallest absolute Gasteiger partial charge is 0.211 e. The molecule has 5 heteroatoms. The van der Waals surface area contributed by atoms with E-state index in [4.69, 9.17) is 22.2 Å². The molecule has 0 spiro atoms. The van der Waals surface area contributed by atoms with Crippen molar-refractivity contribution in [2.24, 2.45) is 4.99 Å². The number of nitrogens with zero attached hydrogens (tertiary/aromatic N) is 1. The third-order valence-corrected chi connectivity index (χ3v) is 6.66. The predicted octanol–water partition coefficient (Wildman–Crippen LogP) is 7.26. The average molecular weight is 395 g/mol. The van der Waals surface area contributed by atoms with E-state index < -0.39 is 7.42 Å². The van der Waals surface area contributed by atoms with Gasteiger partial charge in [-0.15, -0.1) is 0 Å². The highest BCUT2D eigenvalue weighted by Crippen LogP contribution is 2.15. The Hall–Kier alpha value is 0.177. The van der Waals surface area contributed by atoms with Crippen LogP contribution in [0.1, 0.15) is 103 Å². The molecular formula is C19H37Cl2NOSi. The number of carbonyl (C=O) groups excluding carboxylic acids is 1. The number of hydrogen-bond acceptors (Lipinski definition) is 2. The van der Waals surface area contributed by atoms with Crippen molar-refractivity contribution in [3.63, 3.8) is 0 Å². The minimum atomic E-state index is -1.34. The molecule has 24 heavy (non-hydrogen) atoms. The molecule has 0 bridgehead atoms. The van der Waals surface area contributed by atoms with E-state index in [9.17, 15) is 4.79 Å². The van der Waals surface area contributed by atoms with Gasteiger partial charge in [-0.2, -0.15) is 22.2 Å². The Morgan fingerprint density at radius 1 is 0.583 bits per heavy atom. The van der Waals surface area contributed by atoms with E-state index in [0.29, 0.717) is 6.54 Å². The second-order valence-corrected chi connectivity index (χ2v) is 12.0. The van der Waals surface area contributed by atoms with Crippen molar-refractivity contribution >= 4 is 35.7 Å². The summed E-state index contributed by atoms with van der Waals surface area (Å²) < 4.78 is 0. The first-order chi connectivity index (χ1) is 11.8. The summed E-state index contributed by atoms with van der Waals surface area (Å²) in [6, 6.07) is 1.08. The molecule has 2 nitrogen and oxygen atoms in total. The molecule has 0 saturated carbocycles. The lowest BCUT2D eigenvalue weighted by Crippen LogP contribution is -1.91. The van der Waals surface area contributed by atoms with Crippen LogP contribution in [0.15, 0.2) is 4.99 Å². The van der Waals surface area contributed by atoms with Crippen molar-refractivity contribution in [2.45, 2.75) is 109 Å². The van der Waals surface area contributed by atoms with Crippen LogP contribution in [0.25, 0.3) is 0 Å². The molecule has 0 saturated heterocycles. The van der Waals surface area contributed by atoms with Crippen LogP contribution in [0.4, 0.5) is 0 Å². The first-order valence-electron chi connectivity index (χ1n) is 10.1. The molecule has 0 atom stereocenters. The van der Waals surface area contributed by atoms with E-state index in [2.05, 4.69) is 4.99 Å². The molecule has 142 valence electrons. The molecule has 0 radical (unpaired) electrons. The quantitative estimate of drug-likeness (QED) is 0.0745. The standard InChI is InChI=1S/C19H37Cl2NOSi/c20-24(21)18-16-14-12-10-8-6-4-2-1-3-5-7-9-11-13-15-17-22-19-23/h24H,1-18H2. The van der Waals surface area contributed by atoms with Gasteiger partial charge in [0.2, 0.25) is 13.5 Å². The summed E-state index contributed by atoms with van der Waals surface area (Å²) >= 11 is 11.7. The maximum atomic E-state index is 9.90. The Bertz CT molecular complexity index is 297. The molecule has 0 heterocycles. The van der Waals surface area contributed by atoms with Crippen LogP contribution < -0.4 is 0 Å². The predicted molar refractivity (Wildman–Crippen MR) is 111 cm³/mol. The molecule has 0 aliphatic carbocycles. The van der Waals surface area contributed by atoms with Crippen molar-refractivity contribution in [1.82, 2.24) is 0 Å².